The van der Waals surface area contributed by atoms with Crippen molar-refractivity contribution in [3.8, 4) is 0 Å². The van der Waals surface area contributed by atoms with Crippen molar-refractivity contribution in [2.24, 2.45) is 7.05 Å². The summed E-state index contributed by atoms with van der Waals surface area (Å²) >= 11 is 8.97. The highest BCUT2D eigenvalue weighted by Gasteiger charge is 2.05. The van der Waals surface area contributed by atoms with E-state index in [0.717, 1.165) is 5.69 Å². The van der Waals surface area contributed by atoms with E-state index in [1.807, 2.05) is 14.0 Å². The smallest absolute Gasteiger partial charge is 0.147 e. The maximum Gasteiger partial charge on any atom is 0.147 e. The van der Waals surface area contributed by atoms with Gasteiger partial charge in [0.15, 0.2) is 0 Å². The summed E-state index contributed by atoms with van der Waals surface area (Å²) in [5.74, 6) is 0. The Balaban J connectivity index is 3.29. The largest absolute Gasteiger partial charge is 0.270 e. The van der Waals surface area contributed by atoms with Gasteiger partial charge in [-0.2, -0.15) is 5.10 Å². The topological polar surface area (TPSA) is 17.8 Å². The summed E-state index contributed by atoms with van der Waals surface area (Å²) in [4.78, 5) is 0. The van der Waals surface area contributed by atoms with Crippen molar-refractivity contribution in [2.45, 2.75) is 6.92 Å². The first kappa shape index (κ1) is 7.09. The standard InChI is InChI=1S/C5H6BrClN2/c1-3-4(7)5(6)8-9(3)2/h1-2H3. The molecule has 9 heavy (non-hydrogen) atoms. The normalized spacial score (nSPS) is 10.2. The number of nitrogens with zero attached hydrogens (tertiary/aromatic N) is 2. The van der Waals surface area contributed by atoms with Gasteiger partial charge >= 0.3 is 0 Å². The SMILES string of the molecule is Cc1c(Cl)c(Br)nn1C. The molecular weight excluding hydrogens is 203 g/mol. The summed E-state index contributed by atoms with van der Waals surface area (Å²) in [6.07, 6.45) is 0. The molecule has 0 N–H and O–H groups in total. The zero-order valence-corrected chi connectivity index (χ0v) is 7.49. The van der Waals surface area contributed by atoms with Gasteiger partial charge in [0, 0.05) is 7.05 Å². The van der Waals surface area contributed by atoms with E-state index in [2.05, 4.69) is 21.0 Å². The molecule has 4 heteroatoms. The minimum atomic E-state index is 0.692. The predicted molar refractivity (Wildman–Crippen MR) is 40.7 cm³/mol. The third-order valence-electron chi connectivity index (χ3n) is 1.22. The van der Waals surface area contributed by atoms with E-state index in [1.165, 1.54) is 0 Å². The van der Waals surface area contributed by atoms with Crippen molar-refractivity contribution < 1.29 is 0 Å². The van der Waals surface area contributed by atoms with Crippen LogP contribution in [0.2, 0.25) is 5.02 Å². The van der Waals surface area contributed by atoms with Crippen molar-refractivity contribution in [1.29, 1.82) is 0 Å². The summed E-state index contributed by atoms with van der Waals surface area (Å²) in [5.41, 5.74) is 0.976. The van der Waals surface area contributed by atoms with Crippen LogP contribution in [-0.4, -0.2) is 9.78 Å². The van der Waals surface area contributed by atoms with Crippen LogP contribution in [0.25, 0.3) is 0 Å². The van der Waals surface area contributed by atoms with Crippen molar-refractivity contribution >= 4 is 27.5 Å². The van der Waals surface area contributed by atoms with Crippen molar-refractivity contribution in [1.82, 2.24) is 9.78 Å². The quantitative estimate of drug-likeness (QED) is 0.640. The number of halogens is 2. The number of hydrogen-bond acceptors (Lipinski definition) is 1. The van der Waals surface area contributed by atoms with Crippen LogP contribution in [0.4, 0.5) is 0 Å². The van der Waals surface area contributed by atoms with Gasteiger partial charge in [-0.15, -0.1) is 0 Å². The average Bonchev–Trinajstić information content (AvgIpc) is 1.98. The second-order valence-corrected chi connectivity index (χ2v) is 2.94. The highest BCUT2D eigenvalue weighted by atomic mass is 79.9. The van der Waals surface area contributed by atoms with Crippen LogP contribution in [0.5, 0.6) is 0 Å². The van der Waals surface area contributed by atoms with Gasteiger partial charge < -0.3 is 0 Å². The third-order valence-corrected chi connectivity index (χ3v) is 2.46. The van der Waals surface area contributed by atoms with Crippen molar-refractivity contribution in [3.63, 3.8) is 0 Å². The molecule has 0 saturated heterocycles. The molecule has 0 spiro atoms. The van der Waals surface area contributed by atoms with Crippen LogP contribution >= 0.6 is 27.5 Å². The highest BCUT2D eigenvalue weighted by Crippen LogP contribution is 2.23. The lowest BCUT2D eigenvalue weighted by Gasteiger charge is -1.89. The van der Waals surface area contributed by atoms with Gasteiger partial charge in [0.25, 0.3) is 0 Å². The molecule has 0 amide bonds. The molecule has 0 atom stereocenters. The Bertz CT molecular complexity index is 209. The summed E-state index contributed by atoms with van der Waals surface area (Å²) in [5, 5.41) is 4.70. The van der Waals surface area contributed by atoms with E-state index >= 15 is 0 Å². The molecule has 1 aromatic heterocycles. The molecule has 0 fully saturated rings. The molecule has 0 bridgehead atoms. The van der Waals surface area contributed by atoms with Crippen LogP contribution in [0, 0.1) is 6.92 Å². The Labute approximate surface area is 66.9 Å². The lowest BCUT2D eigenvalue weighted by Crippen LogP contribution is -1.91. The van der Waals surface area contributed by atoms with Crippen LogP contribution in [0.1, 0.15) is 5.69 Å². The van der Waals surface area contributed by atoms with Gasteiger partial charge in [-0.3, -0.25) is 4.68 Å². The summed E-state index contributed by atoms with van der Waals surface area (Å²) in [6.45, 7) is 1.92. The Morgan fingerprint density at radius 1 is 1.67 bits per heavy atom. The summed E-state index contributed by atoms with van der Waals surface area (Å²) < 4.78 is 2.44. The molecule has 0 saturated carbocycles. The summed E-state index contributed by atoms with van der Waals surface area (Å²) in [7, 11) is 1.85. The maximum absolute atomic E-state index is 5.77. The highest BCUT2D eigenvalue weighted by molar-refractivity contribution is 9.10. The Hall–Kier alpha value is -0.0200. The molecule has 0 radical (unpaired) electrons. The lowest BCUT2D eigenvalue weighted by molar-refractivity contribution is 0.734. The van der Waals surface area contributed by atoms with Gasteiger partial charge in [-0.25, -0.2) is 0 Å². The van der Waals surface area contributed by atoms with Gasteiger partial charge in [0.05, 0.1) is 10.7 Å². The Morgan fingerprint density at radius 3 is 2.33 bits per heavy atom. The second kappa shape index (κ2) is 2.31. The molecule has 50 valence electrons. The fourth-order valence-corrected chi connectivity index (χ4v) is 1.23. The van der Waals surface area contributed by atoms with Gasteiger partial charge in [0.2, 0.25) is 0 Å². The fourth-order valence-electron chi connectivity index (χ4n) is 0.542. The molecule has 0 unspecified atom stereocenters. The van der Waals surface area contributed by atoms with E-state index in [1.54, 1.807) is 4.68 Å². The van der Waals surface area contributed by atoms with E-state index in [9.17, 15) is 0 Å². The van der Waals surface area contributed by atoms with Gasteiger partial charge in [0.1, 0.15) is 4.60 Å². The number of aromatic nitrogens is 2. The number of rotatable bonds is 0. The Morgan fingerprint density at radius 2 is 2.22 bits per heavy atom. The molecule has 0 aliphatic carbocycles. The van der Waals surface area contributed by atoms with Gasteiger partial charge in [-0.05, 0) is 22.9 Å². The van der Waals surface area contributed by atoms with Crippen LogP contribution in [0.15, 0.2) is 4.60 Å². The minimum absolute atomic E-state index is 0.692. The molecular formula is C5H6BrClN2. The van der Waals surface area contributed by atoms with Crippen molar-refractivity contribution in [3.05, 3.63) is 15.3 Å². The zero-order valence-electron chi connectivity index (χ0n) is 5.15. The summed E-state index contributed by atoms with van der Waals surface area (Å²) in [6, 6.07) is 0. The fraction of sp³-hybridized carbons (Fsp3) is 0.400. The minimum Gasteiger partial charge on any atom is -0.270 e. The van der Waals surface area contributed by atoms with Crippen LogP contribution in [0.3, 0.4) is 0 Å². The molecule has 0 aromatic carbocycles. The Kier molecular flexibility index (Phi) is 1.82. The first-order valence-corrected chi connectivity index (χ1v) is 3.64. The number of aryl methyl sites for hydroxylation is 1. The first-order chi connectivity index (χ1) is 4.13. The lowest BCUT2D eigenvalue weighted by atomic mass is 10.5. The molecule has 1 heterocycles. The van der Waals surface area contributed by atoms with Crippen LogP contribution in [-0.2, 0) is 7.05 Å². The third kappa shape index (κ3) is 1.12. The number of hydrogen-bond donors (Lipinski definition) is 0. The first-order valence-electron chi connectivity index (χ1n) is 2.47. The van der Waals surface area contributed by atoms with E-state index < -0.39 is 0 Å². The monoisotopic (exact) mass is 208 g/mol. The zero-order chi connectivity index (χ0) is 7.02. The maximum atomic E-state index is 5.77. The predicted octanol–water partition coefficient (Wildman–Crippen LogP) is 2.14. The molecule has 1 aromatic rings. The van der Waals surface area contributed by atoms with E-state index in [-0.39, 0.29) is 0 Å². The second-order valence-electron chi connectivity index (χ2n) is 1.81. The van der Waals surface area contributed by atoms with Crippen LogP contribution < -0.4 is 0 Å². The van der Waals surface area contributed by atoms with Gasteiger partial charge in [-0.1, -0.05) is 11.6 Å². The molecule has 2 nitrogen and oxygen atoms in total. The van der Waals surface area contributed by atoms with E-state index in [4.69, 9.17) is 11.6 Å². The van der Waals surface area contributed by atoms with Crippen molar-refractivity contribution in [2.75, 3.05) is 0 Å². The average molecular weight is 209 g/mol. The molecule has 0 aliphatic heterocycles. The molecule has 0 aliphatic rings. The molecule has 1 rings (SSSR count). The van der Waals surface area contributed by atoms with E-state index in [0.29, 0.717) is 9.63 Å².